The Morgan fingerprint density at radius 2 is 1.90 bits per heavy atom. The molecule has 1 aromatic carbocycles. The lowest BCUT2D eigenvalue weighted by atomic mass is 9.90. The smallest absolute Gasteiger partial charge is 0.406 e. The fourth-order valence-electron chi connectivity index (χ4n) is 1.95. The van der Waals surface area contributed by atoms with Gasteiger partial charge in [-0.2, -0.15) is 11.8 Å². The van der Waals surface area contributed by atoms with Crippen molar-refractivity contribution in [2.75, 3.05) is 31.3 Å². The summed E-state index contributed by atoms with van der Waals surface area (Å²) >= 11 is 1.72. The van der Waals surface area contributed by atoms with E-state index < -0.39 is 6.36 Å². The highest BCUT2D eigenvalue weighted by molar-refractivity contribution is 7.99. The third-order valence-corrected chi connectivity index (χ3v) is 4.56. The molecular formula is C14H17F3O3S. The first-order valence-corrected chi connectivity index (χ1v) is 7.69. The minimum absolute atomic E-state index is 0.102. The van der Waals surface area contributed by atoms with Gasteiger partial charge in [0.1, 0.15) is 5.75 Å². The third kappa shape index (κ3) is 5.09. The minimum atomic E-state index is -4.65. The van der Waals surface area contributed by atoms with E-state index in [1.165, 1.54) is 12.1 Å². The highest BCUT2D eigenvalue weighted by Crippen LogP contribution is 2.31. The van der Waals surface area contributed by atoms with Gasteiger partial charge in [0.2, 0.25) is 0 Å². The molecule has 0 saturated carbocycles. The number of rotatable bonds is 7. The average Bonchev–Trinajstić information content (AvgIpc) is 2.37. The second-order valence-electron chi connectivity index (χ2n) is 5.15. The molecule has 0 spiro atoms. The van der Waals surface area contributed by atoms with Crippen LogP contribution in [0, 0.1) is 5.41 Å². The first-order chi connectivity index (χ1) is 9.92. The zero-order valence-corrected chi connectivity index (χ0v) is 12.2. The average molecular weight is 322 g/mol. The summed E-state index contributed by atoms with van der Waals surface area (Å²) in [6.07, 6.45) is -3.89. The standard InChI is InChI=1S/C14H17F3O3S/c15-14(16,17)20-12-3-1-11(2-4-12)5-6-21-10-13(7-18)8-19-9-13/h1-4,18H,5-10H2. The normalized spacial score (nSPS) is 17.3. The predicted octanol–water partition coefficient (Wildman–Crippen LogP) is 2.87. The van der Waals surface area contributed by atoms with E-state index in [0.29, 0.717) is 13.2 Å². The van der Waals surface area contributed by atoms with Crippen molar-refractivity contribution in [3.8, 4) is 5.75 Å². The van der Waals surface area contributed by atoms with Crippen molar-refractivity contribution in [1.82, 2.24) is 0 Å². The Morgan fingerprint density at radius 3 is 2.38 bits per heavy atom. The van der Waals surface area contributed by atoms with E-state index in [-0.39, 0.29) is 17.8 Å². The van der Waals surface area contributed by atoms with Crippen molar-refractivity contribution >= 4 is 11.8 Å². The van der Waals surface area contributed by atoms with Crippen LogP contribution in [0.25, 0.3) is 0 Å². The van der Waals surface area contributed by atoms with Crippen LogP contribution in [0.3, 0.4) is 0 Å². The van der Waals surface area contributed by atoms with Crippen LogP contribution in [-0.4, -0.2) is 42.8 Å². The Labute approximate surface area is 125 Å². The largest absolute Gasteiger partial charge is 0.573 e. The summed E-state index contributed by atoms with van der Waals surface area (Å²) in [7, 11) is 0. The van der Waals surface area contributed by atoms with Gasteiger partial charge in [-0.25, -0.2) is 0 Å². The molecule has 1 saturated heterocycles. The summed E-state index contributed by atoms with van der Waals surface area (Å²) in [5, 5.41) is 9.28. The van der Waals surface area contributed by atoms with Crippen molar-refractivity contribution in [2.24, 2.45) is 5.41 Å². The van der Waals surface area contributed by atoms with Crippen LogP contribution in [0.15, 0.2) is 24.3 Å². The Bertz CT molecular complexity index is 438. The number of hydrogen-bond donors (Lipinski definition) is 1. The summed E-state index contributed by atoms with van der Waals surface area (Å²) in [5.41, 5.74) is 0.856. The lowest BCUT2D eigenvalue weighted by molar-refractivity contribution is -0.274. The number of hydrogen-bond acceptors (Lipinski definition) is 4. The van der Waals surface area contributed by atoms with Crippen LogP contribution >= 0.6 is 11.8 Å². The van der Waals surface area contributed by atoms with Gasteiger partial charge < -0.3 is 14.6 Å². The number of benzene rings is 1. The topological polar surface area (TPSA) is 38.7 Å². The number of halogens is 3. The molecule has 1 heterocycles. The Morgan fingerprint density at radius 1 is 1.24 bits per heavy atom. The van der Waals surface area contributed by atoms with Crippen LogP contribution in [-0.2, 0) is 11.2 Å². The molecule has 1 aliphatic rings. The molecule has 0 aromatic heterocycles. The van der Waals surface area contributed by atoms with E-state index in [4.69, 9.17) is 4.74 Å². The number of alkyl halides is 3. The third-order valence-electron chi connectivity index (χ3n) is 3.25. The zero-order chi connectivity index (χ0) is 15.3. The van der Waals surface area contributed by atoms with Crippen LogP contribution in [0.4, 0.5) is 13.2 Å². The summed E-state index contributed by atoms with van der Waals surface area (Å²) in [6.45, 7) is 1.32. The second kappa shape index (κ2) is 6.89. The van der Waals surface area contributed by atoms with Gasteiger partial charge in [0.05, 0.1) is 19.8 Å². The molecular weight excluding hydrogens is 305 g/mol. The van der Waals surface area contributed by atoms with E-state index in [1.807, 2.05) is 0 Å². The van der Waals surface area contributed by atoms with Crippen LogP contribution in [0.5, 0.6) is 5.75 Å². The van der Waals surface area contributed by atoms with Crippen molar-refractivity contribution in [3.05, 3.63) is 29.8 Å². The molecule has 7 heteroatoms. The Kier molecular flexibility index (Phi) is 5.40. The molecule has 1 fully saturated rings. The predicted molar refractivity (Wildman–Crippen MR) is 74.5 cm³/mol. The maximum atomic E-state index is 12.0. The lowest BCUT2D eigenvalue weighted by Crippen LogP contribution is -2.47. The first kappa shape index (κ1) is 16.5. The zero-order valence-electron chi connectivity index (χ0n) is 11.4. The maximum absolute atomic E-state index is 12.0. The van der Waals surface area contributed by atoms with Gasteiger partial charge in [0.15, 0.2) is 0 Å². The SMILES string of the molecule is OCC1(CSCCc2ccc(OC(F)(F)F)cc2)COC1. The van der Waals surface area contributed by atoms with E-state index in [1.54, 1.807) is 23.9 Å². The van der Waals surface area contributed by atoms with Crippen LogP contribution in [0.1, 0.15) is 5.56 Å². The fraction of sp³-hybridized carbons (Fsp3) is 0.571. The highest BCUT2D eigenvalue weighted by Gasteiger charge is 2.37. The number of thioether (sulfide) groups is 1. The minimum Gasteiger partial charge on any atom is -0.406 e. The molecule has 0 atom stereocenters. The second-order valence-corrected chi connectivity index (χ2v) is 6.25. The number of aliphatic hydroxyl groups excluding tert-OH is 1. The number of ether oxygens (including phenoxy) is 2. The van der Waals surface area contributed by atoms with Gasteiger partial charge in [-0.1, -0.05) is 12.1 Å². The summed E-state index contributed by atoms with van der Waals surface area (Å²) in [6, 6.07) is 5.91. The molecule has 1 aliphatic heterocycles. The molecule has 0 radical (unpaired) electrons. The van der Waals surface area contributed by atoms with E-state index in [0.717, 1.165) is 23.5 Å². The molecule has 21 heavy (non-hydrogen) atoms. The number of aliphatic hydroxyl groups is 1. The fourth-order valence-corrected chi connectivity index (χ4v) is 3.16. The molecule has 2 rings (SSSR count). The molecule has 0 unspecified atom stereocenters. The molecule has 0 bridgehead atoms. The van der Waals surface area contributed by atoms with E-state index >= 15 is 0 Å². The molecule has 3 nitrogen and oxygen atoms in total. The van der Waals surface area contributed by atoms with E-state index in [2.05, 4.69) is 4.74 Å². The van der Waals surface area contributed by atoms with Gasteiger partial charge in [-0.15, -0.1) is 13.2 Å². The summed E-state index contributed by atoms with van der Waals surface area (Å²) in [4.78, 5) is 0. The Hall–Kier alpha value is -0.920. The molecule has 1 N–H and O–H groups in total. The molecule has 118 valence electrons. The van der Waals surface area contributed by atoms with Crippen molar-refractivity contribution in [3.63, 3.8) is 0 Å². The first-order valence-electron chi connectivity index (χ1n) is 6.54. The van der Waals surface area contributed by atoms with Crippen LogP contribution < -0.4 is 4.74 Å². The maximum Gasteiger partial charge on any atom is 0.573 e. The molecule has 0 aliphatic carbocycles. The van der Waals surface area contributed by atoms with Gasteiger partial charge in [0.25, 0.3) is 0 Å². The van der Waals surface area contributed by atoms with Gasteiger partial charge in [-0.05, 0) is 29.9 Å². The quantitative estimate of drug-likeness (QED) is 0.784. The van der Waals surface area contributed by atoms with Gasteiger partial charge in [0, 0.05) is 11.2 Å². The van der Waals surface area contributed by atoms with Gasteiger partial charge >= 0.3 is 6.36 Å². The summed E-state index contributed by atoms with van der Waals surface area (Å²) < 4.78 is 45.0. The Balaban J connectivity index is 1.71. The molecule has 1 aromatic rings. The number of aryl methyl sites for hydroxylation is 1. The lowest BCUT2D eigenvalue weighted by Gasteiger charge is -2.39. The monoisotopic (exact) mass is 322 g/mol. The van der Waals surface area contributed by atoms with E-state index in [9.17, 15) is 18.3 Å². The summed E-state index contributed by atoms with van der Waals surface area (Å²) in [5.74, 6) is 1.48. The van der Waals surface area contributed by atoms with Crippen molar-refractivity contribution in [1.29, 1.82) is 0 Å². The van der Waals surface area contributed by atoms with Gasteiger partial charge in [-0.3, -0.25) is 0 Å². The van der Waals surface area contributed by atoms with Crippen molar-refractivity contribution < 1.29 is 27.8 Å². The van der Waals surface area contributed by atoms with Crippen LogP contribution in [0.2, 0.25) is 0 Å². The van der Waals surface area contributed by atoms with Crippen molar-refractivity contribution in [2.45, 2.75) is 12.8 Å². The highest BCUT2D eigenvalue weighted by atomic mass is 32.2. The molecule has 0 amide bonds.